The monoisotopic (exact) mass is 368 g/mol. The molecule has 6 heteroatoms. The average Bonchev–Trinajstić information content (AvgIpc) is 3.39. The summed E-state index contributed by atoms with van der Waals surface area (Å²) in [7, 11) is 0. The molecule has 2 aromatic rings. The molecule has 0 radical (unpaired) electrons. The molecule has 1 saturated carbocycles. The fourth-order valence-electron chi connectivity index (χ4n) is 5.27. The fraction of sp³-hybridized carbons (Fsp3) is 0.762. The summed E-state index contributed by atoms with van der Waals surface area (Å²) in [5.41, 5.74) is 0.887. The summed E-state index contributed by atoms with van der Waals surface area (Å²) >= 11 is 0. The van der Waals surface area contributed by atoms with Crippen LogP contribution in [0, 0.1) is 5.92 Å². The molecular formula is C21H32N6. The molecule has 3 aliphatic rings. The summed E-state index contributed by atoms with van der Waals surface area (Å²) < 4.78 is 2.02. The molecule has 0 N–H and O–H groups in total. The Balaban J connectivity index is 1.26. The molecule has 0 atom stereocenters. The van der Waals surface area contributed by atoms with Gasteiger partial charge in [-0.05, 0) is 69.7 Å². The van der Waals surface area contributed by atoms with Crippen LogP contribution in [-0.2, 0) is 0 Å². The van der Waals surface area contributed by atoms with E-state index >= 15 is 0 Å². The highest BCUT2D eigenvalue weighted by molar-refractivity contribution is 5.46. The summed E-state index contributed by atoms with van der Waals surface area (Å²) in [5.74, 6) is 3.58. The lowest BCUT2D eigenvalue weighted by molar-refractivity contribution is 0.161. The molecule has 0 spiro atoms. The zero-order chi connectivity index (χ0) is 18.1. The predicted molar refractivity (Wildman–Crippen MR) is 107 cm³/mol. The lowest BCUT2D eigenvalue weighted by Gasteiger charge is -2.34. The highest BCUT2D eigenvalue weighted by atomic mass is 15.4. The van der Waals surface area contributed by atoms with E-state index < -0.39 is 0 Å². The summed E-state index contributed by atoms with van der Waals surface area (Å²) in [6.07, 6.45) is 12.1. The maximum absolute atomic E-state index is 4.91. The van der Waals surface area contributed by atoms with Crippen LogP contribution in [0.1, 0.15) is 69.5 Å². The van der Waals surface area contributed by atoms with Gasteiger partial charge in [0.15, 0.2) is 11.5 Å². The number of rotatable bonds is 4. The van der Waals surface area contributed by atoms with E-state index in [1.807, 2.05) is 4.52 Å². The smallest absolute Gasteiger partial charge is 0.178 e. The van der Waals surface area contributed by atoms with Gasteiger partial charge < -0.3 is 9.80 Å². The molecule has 0 aromatic carbocycles. The molecule has 0 bridgehead atoms. The topological polar surface area (TPSA) is 49.6 Å². The van der Waals surface area contributed by atoms with Gasteiger partial charge in [-0.15, -0.1) is 15.3 Å². The summed E-state index contributed by atoms with van der Waals surface area (Å²) in [4.78, 5) is 5.08. The number of anilines is 1. The van der Waals surface area contributed by atoms with Crippen molar-refractivity contribution in [2.45, 2.75) is 63.7 Å². The second-order valence-electron chi connectivity index (χ2n) is 8.79. The van der Waals surface area contributed by atoms with Crippen LogP contribution in [0.25, 0.3) is 5.65 Å². The standard InChI is InChI=1S/C21H32N6/c1-2-6-17(7-3-1)16-25-14-10-18(11-15-25)21-23-22-19-8-9-20(24-27(19)21)26-12-4-5-13-26/h8-9,17-18H,1-7,10-16H2. The molecule has 1 aliphatic carbocycles. The van der Waals surface area contributed by atoms with Crippen LogP contribution in [0.4, 0.5) is 5.82 Å². The van der Waals surface area contributed by atoms with Crippen molar-refractivity contribution < 1.29 is 0 Å². The zero-order valence-corrected chi connectivity index (χ0v) is 16.4. The van der Waals surface area contributed by atoms with Crippen molar-refractivity contribution in [2.75, 3.05) is 37.6 Å². The maximum Gasteiger partial charge on any atom is 0.178 e. The van der Waals surface area contributed by atoms with Crippen LogP contribution in [-0.4, -0.2) is 57.4 Å². The van der Waals surface area contributed by atoms with E-state index in [-0.39, 0.29) is 0 Å². The zero-order valence-electron chi connectivity index (χ0n) is 16.4. The van der Waals surface area contributed by atoms with Gasteiger partial charge in [0.2, 0.25) is 0 Å². The number of aromatic nitrogens is 4. The van der Waals surface area contributed by atoms with Gasteiger partial charge in [-0.1, -0.05) is 19.3 Å². The van der Waals surface area contributed by atoms with Gasteiger partial charge in [0.25, 0.3) is 0 Å². The Labute approximate surface area is 161 Å². The molecule has 5 rings (SSSR count). The van der Waals surface area contributed by atoms with Crippen molar-refractivity contribution in [1.29, 1.82) is 0 Å². The average molecular weight is 369 g/mol. The number of fused-ring (bicyclic) bond motifs is 1. The molecule has 0 amide bonds. The van der Waals surface area contributed by atoms with E-state index in [4.69, 9.17) is 5.10 Å². The molecule has 2 aromatic heterocycles. The third-order valence-corrected chi connectivity index (χ3v) is 6.90. The first-order valence-electron chi connectivity index (χ1n) is 11.1. The molecule has 4 heterocycles. The molecule has 0 unspecified atom stereocenters. The number of hydrogen-bond acceptors (Lipinski definition) is 5. The van der Waals surface area contributed by atoms with Crippen LogP contribution in [0.5, 0.6) is 0 Å². The summed E-state index contributed by atoms with van der Waals surface area (Å²) in [6, 6.07) is 4.18. The Bertz CT molecular complexity index is 751. The minimum Gasteiger partial charge on any atom is -0.355 e. The second kappa shape index (κ2) is 7.74. The SMILES string of the molecule is c1cc2nnc(C3CCN(CC4CCCCC4)CC3)n2nc1N1CCCC1. The van der Waals surface area contributed by atoms with Crippen molar-refractivity contribution in [3.63, 3.8) is 0 Å². The van der Waals surface area contributed by atoms with Gasteiger partial charge in [-0.2, -0.15) is 4.52 Å². The largest absolute Gasteiger partial charge is 0.355 e. The first-order valence-corrected chi connectivity index (χ1v) is 11.1. The van der Waals surface area contributed by atoms with Gasteiger partial charge >= 0.3 is 0 Å². The fourth-order valence-corrected chi connectivity index (χ4v) is 5.27. The molecule has 6 nitrogen and oxygen atoms in total. The van der Waals surface area contributed by atoms with Gasteiger partial charge in [-0.25, -0.2) is 0 Å². The Morgan fingerprint density at radius 2 is 1.59 bits per heavy atom. The number of likely N-dealkylation sites (tertiary alicyclic amines) is 1. The highest BCUT2D eigenvalue weighted by Gasteiger charge is 2.27. The maximum atomic E-state index is 4.91. The highest BCUT2D eigenvalue weighted by Crippen LogP contribution is 2.30. The summed E-state index contributed by atoms with van der Waals surface area (Å²) in [6.45, 7) is 5.94. The summed E-state index contributed by atoms with van der Waals surface area (Å²) in [5, 5.41) is 13.8. The molecule has 3 fully saturated rings. The van der Waals surface area contributed by atoms with E-state index in [1.54, 1.807) is 0 Å². The van der Waals surface area contributed by atoms with E-state index in [1.165, 1.54) is 77.4 Å². The van der Waals surface area contributed by atoms with Crippen LogP contribution in [0.2, 0.25) is 0 Å². The quantitative estimate of drug-likeness (QED) is 0.827. The minimum atomic E-state index is 0.490. The Kier molecular flexibility index (Phi) is 4.99. The van der Waals surface area contributed by atoms with Crippen LogP contribution < -0.4 is 4.90 Å². The van der Waals surface area contributed by atoms with E-state index in [0.717, 1.165) is 36.3 Å². The van der Waals surface area contributed by atoms with Crippen molar-refractivity contribution in [3.05, 3.63) is 18.0 Å². The van der Waals surface area contributed by atoms with Gasteiger partial charge in [0.05, 0.1) is 0 Å². The Morgan fingerprint density at radius 1 is 0.815 bits per heavy atom. The van der Waals surface area contributed by atoms with Crippen molar-refractivity contribution in [2.24, 2.45) is 5.92 Å². The third kappa shape index (κ3) is 3.68. The number of piperidine rings is 1. The van der Waals surface area contributed by atoms with Crippen molar-refractivity contribution >= 4 is 11.5 Å². The normalized spacial score (nSPS) is 23.5. The second-order valence-corrected chi connectivity index (χ2v) is 8.79. The van der Waals surface area contributed by atoms with Crippen LogP contribution in [0.3, 0.4) is 0 Å². The molecule has 2 aliphatic heterocycles. The molecule has 27 heavy (non-hydrogen) atoms. The van der Waals surface area contributed by atoms with Crippen molar-refractivity contribution in [3.8, 4) is 0 Å². The lowest BCUT2D eigenvalue weighted by atomic mass is 9.88. The minimum absolute atomic E-state index is 0.490. The number of hydrogen-bond donors (Lipinski definition) is 0. The van der Waals surface area contributed by atoms with Gasteiger partial charge in [0, 0.05) is 25.6 Å². The van der Waals surface area contributed by atoms with Crippen LogP contribution in [0.15, 0.2) is 12.1 Å². The first kappa shape index (κ1) is 17.4. The van der Waals surface area contributed by atoms with Gasteiger partial charge in [-0.3, -0.25) is 0 Å². The van der Waals surface area contributed by atoms with Crippen LogP contribution >= 0.6 is 0 Å². The van der Waals surface area contributed by atoms with E-state index in [9.17, 15) is 0 Å². The van der Waals surface area contributed by atoms with Gasteiger partial charge in [0.1, 0.15) is 5.82 Å². The van der Waals surface area contributed by atoms with E-state index in [0.29, 0.717) is 5.92 Å². The molecule has 146 valence electrons. The molecular weight excluding hydrogens is 336 g/mol. The predicted octanol–water partition coefficient (Wildman–Crippen LogP) is 3.48. The van der Waals surface area contributed by atoms with Crippen molar-refractivity contribution in [1.82, 2.24) is 24.7 Å². The van der Waals surface area contributed by atoms with E-state index in [2.05, 4.69) is 32.1 Å². The Hall–Kier alpha value is -1.69. The third-order valence-electron chi connectivity index (χ3n) is 6.90. The molecule has 2 saturated heterocycles. The number of nitrogens with zero attached hydrogens (tertiary/aromatic N) is 6. The lowest BCUT2D eigenvalue weighted by Crippen LogP contribution is -2.37. The first-order chi connectivity index (χ1) is 13.4. The Morgan fingerprint density at radius 3 is 2.37 bits per heavy atom.